The van der Waals surface area contributed by atoms with E-state index in [1.807, 2.05) is 13.0 Å². The van der Waals surface area contributed by atoms with Crippen LogP contribution in [0.1, 0.15) is 38.3 Å². The highest BCUT2D eigenvalue weighted by Gasteiger charge is 2.20. The molecule has 0 radical (unpaired) electrons. The van der Waals surface area contributed by atoms with Crippen LogP contribution in [0.5, 0.6) is 0 Å². The molecular formula is C14H23ClN2O2S. The normalized spacial score (nSPS) is 12.1. The van der Waals surface area contributed by atoms with E-state index in [0.717, 1.165) is 24.1 Å². The summed E-state index contributed by atoms with van der Waals surface area (Å²) in [5.74, 6) is 0. The van der Waals surface area contributed by atoms with E-state index in [1.165, 1.54) is 6.07 Å². The molecule has 0 aliphatic carbocycles. The molecular weight excluding hydrogens is 296 g/mol. The molecule has 1 aromatic rings. The molecule has 6 heteroatoms. The minimum atomic E-state index is -3.53. The molecule has 0 aromatic heterocycles. The fraction of sp³-hybridized carbons (Fsp3) is 0.571. The van der Waals surface area contributed by atoms with Gasteiger partial charge in [0.2, 0.25) is 10.0 Å². The lowest BCUT2D eigenvalue weighted by atomic mass is 10.1. The van der Waals surface area contributed by atoms with Crippen molar-refractivity contribution < 1.29 is 8.42 Å². The molecule has 1 rings (SSSR count). The third-order valence-electron chi connectivity index (χ3n) is 2.85. The van der Waals surface area contributed by atoms with Crippen molar-refractivity contribution in [3.05, 3.63) is 28.3 Å². The molecule has 0 fully saturated rings. The molecule has 1 aromatic carbocycles. The number of nitrogens with one attached hydrogen (secondary N) is 2. The molecule has 0 spiro atoms. The Bertz CT molecular complexity index is 557. The Balaban J connectivity index is 3.14. The average molecular weight is 319 g/mol. The first-order valence-corrected chi connectivity index (χ1v) is 8.66. The zero-order chi connectivity index (χ0) is 15.3. The van der Waals surface area contributed by atoms with Crippen LogP contribution in [0.25, 0.3) is 0 Å². The molecule has 0 unspecified atom stereocenters. The summed E-state index contributed by atoms with van der Waals surface area (Å²) in [6.45, 7) is 8.99. The van der Waals surface area contributed by atoms with E-state index in [4.69, 9.17) is 11.6 Å². The van der Waals surface area contributed by atoms with Gasteiger partial charge in [-0.3, -0.25) is 0 Å². The fourth-order valence-corrected chi connectivity index (χ4v) is 3.81. The van der Waals surface area contributed by atoms with E-state index in [0.29, 0.717) is 11.6 Å². The lowest BCUT2D eigenvalue weighted by Crippen LogP contribution is -2.31. The monoisotopic (exact) mass is 318 g/mol. The van der Waals surface area contributed by atoms with Crippen molar-refractivity contribution in [1.82, 2.24) is 10.0 Å². The molecule has 20 heavy (non-hydrogen) atoms. The maximum atomic E-state index is 12.3. The van der Waals surface area contributed by atoms with E-state index in [2.05, 4.69) is 17.0 Å². The van der Waals surface area contributed by atoms with Crippen molar-refractivity contribution in [2.24, 2.45) is 0 Å². The van der Waals surface area contributed by atoms with Crippen LogP contribution in [0, 0.1) is 6.92 Å². The van der Waals surface area contributed by atoms with Gasteiger partial charge in [-0.2, -0.15) is 0 Å². The van der Waals surface area contributed by atoms with Gasteiger partial charge in [0.15, 0.2) is 0 Å². The second kappa shape index (κ2) is 7.41. The Morgan fingerprint density at radius 1 is 1.30 bits per heavy atom. The summed E-state index contributed by atoms with van der Waals surface area (Å²) >= 11 is 6.06. The van der Waals surface area contributed by atoms with Crippen molar-refractivity contribution in [3.8, 4) is 0 Å². The van der Waals surface area contributed by atoms with Gasteiger partial charge in [0, 0.05) is 17.6 Å². The molecule has 0 amide bonds. The SMILES string of the molecule is CCCNCc1cc(Cl)cc(S(=O)(=O)NC(C)C)c1C. The summed E-state index contributed by atoms with van der Waals surface area (Å²) in [5, 5.41) is 3.70. The third kappa shape index (κ3) is 4.74. The van der Waals surface area contributed by atoms with Gasteiger partial charge in [-0.1, -0.05) is 18.5 Å². The molecule has 4 nitrogen and oxygen atoms in total. The van der Waals surface area contributed by atoms with E-state index in [1.54, 1.807) is 13.8 Å². The molecule has 2 N–H and O–H groups in total. The van der Waals surface area contributed by atoms with Gasteiger partial charge >= 0.3 is 0 Å². The second-order valence-corrected chi connectivity index (χ2v) is 7.26. The van der Waals surface area contributed by atoms with Crippen LogP contribution in [-0.2, 0) is 16.6 Å². The van der Waals surface area contributed by atoms with E-state index >= 15 is 0 Å². The van der Waals surface area contributed by atoms with Gasteiger partial charge in [0.1, 0.15) is 0 Å². The number of rotatable bonds is 7. The largest absolute Gasteiger partial charge is 0.313 e. The average Bonchev–Trinajstić information content (AvgIpc) is 2.31. The quantitative estimate of drug-likeness (QED) is 0.760. The zero-order valence-electron chi connectivity index (χ0n) is 12.5. The highest BCUT2D eigenvalue weighted by Crippen LogP contribution is 2.24. The van der Waals surface area contributed by atoms with Crippen molar-refractivity contribution >= 4 is 21.6 Å². The highest BCUT2D eigenvalue weighted by atomic mass is 35.5. The van der Waals surface area contributed by atoms with Crippen molar-refractivity contribution in [3.63, 3.8) is 0 Å². The van der Waals surface area contributed by atoms with Crippen molar-refractivity contribution in [1.29, 1.82) is 0 Å². The van der Waals surface area contributed by atoms with E-state index in [-0.39, 0.29) is 10.9 Å². The Morgan fingerprint density at radius 2 is 1.95 bits per heavy atom. The molecule has 0 saturated heterocycles. The molecule has 0 aliphatic rings. The van der Waals surface area contributed by atoms with Gasteiger partial charge in [0.25, 0.3) is 0 Å². The molecule has 0 atom stereocenters. The first-order chi connectivity index (χ1) is 9.27. The van der Waals surface area contributed by atoms with Crippen LogP contribution in [0.15, 0.2) is 17.0 Å². The molecule has 0 bridgehead atoms. The predicted molar refractivity (Wildman–Crippen MR) is 83.6 cm³/mol. The maximum Gasteiger partial charge on any atom is 0.241 e. The zero-order valence-corrected chi connectivity index (χ0v) is 14.0. The Hall–Kier alpha value is -0.620. The van der Waals surface area contributed by atoms with Gasteiger partial charge < -0.3 is 5.32 Å². The summed E-state index contributed by atoms with van der Waals surface area (Å²) in [6, 6.07) is 3.17. The van der Waals surface area contributed by atoms with Crippen LogP contribution >= 0.6 is 11.6 Å². The number of benzene rings is 1. The third-order valence-corrected chi connectivity index (χ3v) is 4.86. The number of sulfonamides is 1. The van der Waals surface area contributed by atoms with Crippen molar-refractivity contribution in [2.75, 3.05) is 6.54 Å². The highest BCUT2D eigenvalue weighted by molar-refractivity contribution is 7.89. The molecule has 0 saturated carbocycles. The second-order valence-electron chi connectivity index (χ2n) is 5.14. The number of hydrogen-bond donors (Lipinski definition) is 2. The van der Waals surface area contributed by atoms with Gasteiger partial charge in [0.05, 0.1) is 4.90 Å². The minimum Gasteiger partial charge on any atom is -0.313 e. The van der Waals surface area contributed by atoms with E-state index < -0.39 is 10.0 Å². The molecule has 114 valence electrons. The predicted octanol–water partition coefficient (Wildman–Crippen LogP) is 2.83. The topological polar surface area (TPSA) is 58.2 Å². The number of hydrogen-bond acceptors (Lipinski definition) is 3. The van der Waals surface area contributed by atoms with Crippen LogP contribution in [0.3, 0.4) is 0 Å². The summed E-state index contributed by atoms with van der Waals surface area (Å²) in [5.41, 5.74) is 1.65. The van der Waals surface area contributed by atoms with Gasteiger partial charge in [-0.25, -0.2) is 13.1 Å². The summed E-state index contributed by atoms with van der Waals surface area (Å²) in [6.07, 6.45) is 1.03. The Kier molecular flexibility index (Phi) is 6.45. The maximum absolute atomic E-state index is 12.3. The summed E-state index contributed by atoms with van der Waals surface area (Å²) in [7, 11) is -3.53. The lowest BCUT2D eigenvalue weighted by Gasteiger charge is -2.15. The smallest absolute Gasteiger partial charge is 0.241 e. The van der Waals surface area contributed by atoms with Crippen molar-refractivity contribution in [2.45, 2.75) is 51.6 Å². The Labute approximate surface area is 127 Å². The first kappa shape index (κ1) is 17.4. The Morgan fingerprint density at radius 3 is 2.50 bits per heavy atom. The van der Waals surface area contributed by atoms with Crippen LogP contribution in [0.2, 0.25) is 5.02 Å². The summed E-state index contributed by atoms with van der Waals surface area (Å²) in [4.78, 5) is 0.256. The van der Waals surface area contributed by atoms with E-state index in [9.17, 15) is 8.42 Å². The van der Waals surface area contributed by atoms with Crippen LogP contribution in [-0.4, -0.2) is 21.0 Å². The molecule has 0 heterocycles. The summed E-state index contributed by atoms with van der Waals surface area (Å²) < 4.78 is 27.2. The minimum absolute atomic E-state index is 0.153. The fourth-order valence-electron chi connectivity index (χ4n) is 1.94. The molecule has 0 aliphatic heterocycles. The number of halogens is 1. The first-order valence-electron chi connectivity index (χ1n) is 6.80. The standard InChI is InChI=1S/C14H23ClN2O2S/c1-5-6-16-9-12-7-13(15)8-14(11(12)4)20(18,19)17-10(2)3/h7-8,10,16-17H,5-6,9H2,1-4H3. The lowest BCUT2D eigenvalue weighted by molar-refractivity contribution is 0.568. The van der Waals surface area contributed by atoms with Gasteiger partial charge in [-0.15, -0.1) is 0 Å². The van der Waals surface area contributed by atoms with Crippen LogP contribution < -0.4 is 10.0 Å². The van der Waals surface area contributed by atoms with Crippen LogP contribution in [0.4, 0.5) is 0 Å². The van der Waals surface area contributed by atoms with Gasteiger partial charge in [-0.05, 0) is 57.0 Å².